The van der Waals surface area contributed by atoms with Crippen LogP contribution in [0.3, 0.4) is 0 Å². The van der Waals surface area contributed by atoms with Gasteiger partial charge in [-0.3, -0.25) is 3.63 Å². The molecule has 0 aliphatic carbocycles. The van der Waals surface area contributed by atoms with E-state index in [0.29, 0.717) is 0 Å². The minimum atomic E-state index is -4.12. The number of rotatable bonds is 6. The van der Waals surface area contributed by atoms with Gasteiger partial charge in [0.15, 0.2) is 0 Å². The predicted octanol–water partition coefficient (Wildman–Crippen LogP) is 7.80. The quantitative estimate of drug-likeness (QED) is 0.202. The molecule has 0 spiro atoms. The van der Waals surface area contributed by atoms with E-state index in [1.54, 1.807) is 0 Å². The fraction of sp³-hybridized carbons (Fsp3) is 0.143. The van der Waals surface area contributed by atoms with Crippen molar-refractivity contribution in [3.05, 3.63) is 121 Å². The minimum Gasteiger partial charge on any atom is -0.258 e. The average molecular weight is 496 g/mol. The lowest BCUT2D eigenvalue weighted by molar-refractivity contribution is 0.387. The van der Waals surface area contributed by atoms with Gasteiger partial charge in [0.25, 0.3) is 0 Å². The van der Waals surface area contributed by atoms with Crippen LogP contribution in [0.5, 0.6) is 0 Å². The van der Waals surface area contributed by atoms with Crippen molar-refractivity contribution < 1.29 is 16.4 Å². The first-order chi connectivity index (χ1) is 16.1. The zero-order valence-corrected chi connectivity index (χ0v) is 21.0. The highest BCUT2D eigenvalue weighted by atomic mass is 32.3. The van der Waals surface area contributed by atoms with Crippen molar-refractivity contribution in [2.45, 2.75) is 45.8 Å². The van der Waals surface area contributed by atoms with E-state index in [2.05, 4.69) is 24.4 Å². The van der Waals surface area contributed by atoms with Crippen LogP contribution in [0.15, 0.2) is 129 Å². The van der Waals surface area contributed by atoms with Gasteiger partial charge >= 0.3 is 10.1 Å². The van der Waals surface area contributed by atoms with Crippen LogP contribution in [0.1, 0.15) is 26.3 Å². The standard InChI is InChI=1S/C28H27FO3S2/c1-28(2,3)22-14-18-26(19-15-22)33(24-10-6-4-7-11-24,25-12-8-5-9-13-25)32-34(30,31)27-20-16-23(29)17-21-27/h4-21H,1-3H3/p+1. The summed E-state index contributed by atoms with van der Waals surface area (Å²) in [6.45, 7) is 6.42. The lowest BCUT2D eigenvalue weighted by atomic mass is 9.87. The van der Waals surface area contributed by atoms with E-state index in [9.17, 15) is 12.8 Å². The Morgan fingerprint density at radius 3 is 1.44 bits per heavy atom. The number of benzene rings is 4. The molecular formula is C28H28FO3S2+. The number of hydrogen-bond donors (Lipinski definition) is 0. The van der Waals surface area contributed by atoms with Crippen LogP contribution in [0.4, 0.5) is 4.39 Å². The van der Waals surface area contributed by atoms with Crippen molar-refractivity contribution in [2.75, 3.05) is 0 Å². The maximum Gasteiger partial charge on any atom is 0.422 e. The highest BCUT2D eigenvalue weighted by molar-refractivity contribution is 8.32. The summed E-state index contributed by atoms with van der Waals surface area (Å²) in [6, 6.07) is 31.9. The average Bonchev–Trinajstić information content (AvgIpc) is 2.83. The summed E-state index contributed by atoms with van der Waals surface area (Å²) < 4.78 is 45.5. The van der Waals surface area contributed by atoms with E-state index >= 15 is 0 Å². The molecule has 176 valence electrons. The Labute approximate surface area is 202 Å². The molecule has 0 aliphatic heterocycles. The van der Waals surface area contributed by atoms with E-state index in [4.69, 9.17) is 0 Å². The zero-order chi connectivity index (χ0) is 24.4. The van der Waals surface area contributed by atoms with Crippen LogP contribution in [0, 0.1) is 5.82 Å². The molecule has 0 amide bonds. The molecule has 0 heterocycles. The maximum atomic E-state index is 13.6. The zero-order valence-electron chi connectivity index (χ0n) is 19.4. The molecule has 4 rings (SSSR count). The third kappa shape index (κ3) is 4.80. The molecule has 0 atom stereocenters. The van der Waals surface area contributed by atoms with Gasteiger partial charge in [-0.15, -0.1) is 8.42 Å². The Kier molecular flexibility index (Phi) is 6.67. The van der Waals surface area contributed by atoms with Gasteiger partial charge in [0.2, 0.25) is 0 Å². The lowest BCUT2D eigenvalue weighted by Crippen LogP contribution is -2.19. The summed E-state index contributed by atoms with van der Waals surface area (Å²) in [5.74, 6) is -0.499. The van der Waals surface area contributed by atoms with Gasteiger partial charge < -0.3 is 0 Å². The molecule has 1 N–H and O–H groups in total. The summed E-state index contributed by atoms with van der Waals surface area (Å²) in [7, 11) is -6.69. The van der Waals surface area contributed by atoms with Crippen molar-refractivity contribution in [3.8, 4) is 0 Å². The first-order valence-electron chi connectivity index (χ1n) is 10.9. The van der Waals surface area contributed by atoms with Gasteiger partial charge in [-0.25, -0.2) is 4.39 Å². The third-order valence-electron chi connectivity index (χ3n) is 5.55. The number of hydrogen-bond acceptors (Lipinski definition) is 2. The van der Waals surface area contributed by atoms with E-state index in [1.807, 2.05) is 84.9 Å². The second-order valence-corrected chi connectivity index (χ2v) is 13.6. The fourth-order valence-electron chi connectivity index (χ4n) is 3.72. The Bertz CT molecular complexity index is 1310. The molecule has 3 nitrogen and oxygen atoms in total. The molecule has 0 unspecified atom stereocenters. The first-order valence-corrected chi connectivity index (χ1v) is 13.9. The molecule has 0 aliphatic rings. The van der Waals surface area contributed by atoms with E-state index < -0.39 is 26.2 Å². The highest BCUT2D eigenvalue weighted by Gasteiger charge is 2.43. The Hall–Kier alpha value is -2.93. The predicted molar refractivity (Wildman–Crippen MR) is 137 cm³/mol. The summed E-state index contributed by atoms with van der Waals surface area (Å²) in [5.41, 5.74) is 1.10. The SMILES string of the molecule is CC(C)(C)c1ccc(S([OH+]S(=O)(=O)c2ccc(F)cc2)(c2ccccc2)c2ccccc2)cc1. The van der Waals surface area contributed by atoms with Gasteiger partial charge in [-0.2, -0.15) is 0 Å². The van der Waals surface area contributed by atoms with Crippen LogP contribution in [-0.2, 0) is 15.5 Å². The third-order valence-corrected chi connectivity index (χ3v) is 11.0. The van der Waals surface area contributed by atoms with Crippen molar-refractivity contribution in [3.63, 3.8) is 0 Å². The Morgan fingerprint density at radius 2 is 1.00 bits per heavy atom. The second kappa shape index (κ2) is 9.37. The van der Waals surface area contributed by atoms with Crippen molar-refractivity contribution in [2.24, 2.45) is 0 Å². The second-order valence-electron chi connectivity index (χ2n) is 8.98. The van der Waals surface area contributed by atoms with Gasteiger partial charge in [0, 0.05) is 0 Å². The van der Waals surface area contributed by atoms with Crippen molar-refractivity contribution >= 4 is 20.4 Å². The summed E-state index contributed by atoms with van der Waals surface area (Å²) in [4.78, 5) is 2.37. The van der Waals surface area contributed by atoms with Crippen molar-refractivity contribution in [1.82, 2.24) is 0 Å². The van der Waals surface area contributed by atoms with Crippen LogP contribution < -0.4 is 0 Å². The topological polar surface area (TPSA) is 46.9 Å². The molecule has 0 fully saturated rings. The molecule has 4 aromatic carbocycles. The summed E-state index contributed by atoms with van der Waals surface area (Å²) >= 11 is 0. The first kappa shape index (κ1) is 24.2. The maximum absolute atomic E-state index is 13.6. The summed E-state index contributed by atoms with van der Waals surface area (Å²) in [6.07, 6.45) is 0. The van der Waals surface area contributed by atoms with Crippen LogP contribution in [-0.4, -0.2) is 12.0 Å². The molecule has 6 heteroatoms. The van der Waals surface area contributed by atoms with Crippen molar-refractivity contribution in [1.29, 1.82) is 0 Å². The van der Waals surface area contributed by atoms with Crippen LogP contribution >= 0.6 is 10.3 Å². The van der Waals surface area contributed by atoms with Crippen LogP contribution in [0.25, 0.3) is 0 Å². The Balaban J connectivity index is 1.99. The smallest absolute Gasteiger partial charge is 0.258 e. The van der Waals surface area contributed by atoms with Gasteiger partial charge in [-0.1, -0.05) is 69.3 Å². The molecule has 0 saturated heterocycles. The lowest BCUT2D eigenvalue weighted by Gasteiger charge is -2.35. The minimum absolute atomic E-state index is 0.0380. The molecule has 0 bridgehead atoms. The monoisotopic (exact) mass is 495 g/mol. The molecule has 0 aromatic heterocycles. The van der Waals surface area contributed by atoms with Gasteiger partial charge in [0.1, 0.15) is 10.7 Å². The molecule has 4 aromatic rings. The van der Waals surface area contributed by atoms with Gasteiger partial charge in [-0.05, 0) is 71.6 Å². The Morgan fingerprint density at radius 1 is 0.588 bits per heavy atom. The molecule has 34 heavy (non-hydrogen) atoms. The van der Waals surface area contributed by atoms with E-state index in [0.717, 1.165) is 32.4 Å². The van der Waals surface area contributed by atoms with E-state index in [-0.39, 0.29) is 10.3 Å². The normalized spacial score (nSPS) is 12.9. The molecule has 0 saturated carbocycles. The summed E-state index contributed by atoms with van der Waals surface area (Å²) in [5, 5.41) is 0. The fourth-order valence-corrected chi connectivity index (χ4v) is 9.20. The largest absolute Gasteiger partial charge is 0.422 e. The highest BCUT2D eigenvalue weighted by Crippen LogP contribution is 2.68. The van der Waals surface area contributed by atoms with Gasteiger partial charge in [0.05, 0.1) is 25.0 Å². The van der Waals surface area contributed by atoms with E-state index in [1.165, 1.54) is 12.1 Å². The number of halogens is 1. The molecular weight excluding hydrogens is 467 g/mol. The van der Waals surface area contributed by atoms with Crippen LogP contribution in [0.2, 0.25) is 0 Å². The molecule has 0 radical (unpaired) electrons.